The van der Waals surface area contributed by atoms with Gasteiger partial charge in [-0.3, -0.25) is 13.9 Å². The summed E-state index contributed by atoms with van der Waals surface area (Å²) in [6.45, 7) is 2.80. The third kappa shape index (κ3) is 2.45. The number of imidazole rings is 1. The van der Waals surface area contributed by atoms with E-state index in [0.717, 1.165) is 49.8 Å². The summed E-state index contributed by atoms with van der Waals surface area (Å²) >= 11 is 0. The van der Waals surface area contributed by atoms with Crippen molar-refractivity contribution in [3.05, 3.63) is 34.2 Å². The standard InChI is InChI=1S/C18H24N4O2/c1-21-16-11-13(12-6-9-19-10-7-12)4-5-14(16)22(18(21)24)15-3-2-8-20-17(15)23/h4-5,11-12,15,19H,2-3,6-10H2,1H3,(H,20,23). The van der Waals surface area contributed by atoms with Gasteiger partial charge in [-0.2, -0.15) is 0 Å². The van der Waals surface area contributed by atoms with Crippen molar-refractivity contribution in [2.45, 2.75) is 37.6 Å². The second-order valence-electron chi connectivity index (χ2n) is 6.93. The first-order chi connectivity index (χ1) is 11.7. The molecule has 1 aromatic carbocycles. The summed E-state index contributed by atoms with van der Waals surface area (Å²) < 4.78 is 3.36. The van der Waals surface area contributed by atoms with Crippen LogP contribution in [0.5, 0.6) is 0 Å². The summed E-state index contributed by atoms with van der Waals surface area (Å²) in [4.78, 5) is 25.0. The second-order valence-corrected chi connectivity index (χ2v) is 6.93. The summed E-state index contributed by atoms with van der Waals surface area (Å²) in [6, 6.07) is 5.91. The molecule has 2 N–H and O–H groups in total. The van der Waals surface area contributed by atoms with Gasteiger partial charge in [0, 0.05) is 13.6 Å². The van der Waals surface area contributed by atoms with Gasteiger partial charge < -0.3 is 10.6 Å². The highest BCUT2D eigenvalue weighted by Gasteiger charge is 2.28. The zero-order valence-electron chi connectivity index (χ0n) is 14.0. The number of fused-ring (bicyclic) bond motifs is 1. The summed E-state index contributed by atoms with van der Waals surface area (Å²) in [7, 11) is 1.80. The molecular formula is C18H24N4O2. The van der Waals surface area contributed by atoms with Gasteiger partial charge in [0.25, 0.3) is 0 Å². The molecule has 0 spiro atoms. The minimum absolute atomic E-state index is 0.0433. The Kier molecular flexibility index (Phi) is 3.92. The summed E-state index contributed by atoms with van der Waals surface area (Å²) in [5.74, 6) is 0.505. The van der Waals surface area contributed by atoms with E-state index in [9.17, 15) is 9.59 Å². The Morgan fingerprint density at radius 1 is 1.04 bits per heavy atom. The molecule has 1 amide bonds. The van der Waals surface area contributed by atoms with Crippen LogP contribution >= 0.6 is 0 Å². The lowest BCUT2D eigenvalue weighted by atomic mass is 9.90. The van der Waals surface area contributed by atoms with Crippen LogP contribution in [0.3, 0.4) is 0 Å². The monoisotopic (exact) mass is 328 g/mol. The summed E-state index contributed by atoms with van der Waals surface area (Å²) in [6.07, 6.45) is 3.89. The van der Waals surface area contributed by atoms with Crippen molar-refractivity contribution in [2.24, 2.45) is 7.05 Å². The molecule has 2 saturated heterocycles. The normalized spacial score (nSPS) is 22.7. The van der Waals surface area contributed by atoms with E-state index in [1.54, 1.807) is 16.2 Å². The number of nitrogens with zero attached hydrogens (tertiary/aromatic N) is 2. The molecule has 2 aliphatic rings. The van der Waals surface area contributed by atoms with Crippen molar-refractivity contribution in [3.63, 3.8) is 0 Å². The van der Waals surface area contributed by atoms with Crippen molar-refractivity contribution in [1.82, 2.24) is 19.8 Å². The fourth-order valence-electron chi connectivity index (χ4n) is 4.09. The molecule has 0 bridgehead atoms. The second kappa shape index (κ2) is 6.09. The van der Waals surface area contributed by atoms with Crippen molar-refractivity contribution in [3.8, 4) is 0 Å². The van der Waals surface area contributed by atoms with Crippen LogP contribution in [0.15, 0.2) is 23.0 Å². The minimum atomic E-state index is -0.389. The zero-order chi connectivity index (χ0) is 16.7. The van der Waals surface area contributed by atoms with Gasteiger partial charge in [-0.05, 0) is 62.4 Å². The molecule has 2 aliphatic heterocycles. The van der Waals surface area contributed by atoms with Gasteiger partial charge in [0.05, 0.1) is 11.0 Å². The average molecular weight is 328 g/mol. The molecule has 4 rings (SSSR count). The number of carbonyl (C=O) groups is 1. The molecule has 6 nitrogen and oxygen atoms in total. The Morgan fingerprint density at radius 3 is 2.58 bits per heavy atom. The SMILES string of the molecule is Cn1c(=O)n(C2CCCNC2=O)c2ccc(C3CCNCC3)cc21. The number of rotatable bonds is 2. The van der Waals surface area contributed by atoms with E-state index in [2.05, 4.69) is 22.8 Å². The van der Waals surface area contributed by atoms with Crippen molar-refractivity contribution < 1.29 is 4.79 Å². The maximum Gasteiger partial charge on any atom is 0.329 e. The number of piperidine rings is 2. The molecule has 3 heterocycles. The van der Waals surface area contributed by atoms with E-state index in [0.29, 0.717) is 12.5 Å². The maximum atomic E-state index is 12.8. The molecule has 128 valence electrons. The van der Waals surface area contributed by atoms with Gasteiger partial charge in [-0.15, -0.1) is 0 Å². The number of benzene rings is 1. The van der Waals surface area contributed by atoms with Gasteiger partial charge in [0.15, 0.2) is 0 Å². The number of hydrogen-bond donors (Lipinski definition) is 2. The molecule has 0 radical (unpaired) electrons. The van der Waals surface area contributed by atoms with Crippen LogP contribution in [0.1, 0.15) is 43.2 Å². The van der Waals surface area contributed by atoms with Crippen LogP contribution in [-0.2, 0) is 11.8 Å². The first-order valence-corrected chi connectivity index (χ1v) is 8.86. The smallest absolute Gasteiger partial charge is 0.329 e. The molecule has 1 unspecified atom stereocenters. The Labute approximate surface area is 140 Å². The highest BCUT2D eigenvalue weighted by molar-refractivity contribution is 5.85. The fraction of sp³-hybridized carbons (Fsp3) is 0.556. The number of carbonyl (C=O) groups excluding carboxylic acids is 1. The van der Waals surface area contributed by atoms with E-state index >= 15 is 0 Å². The van der Waals surface area contributed by atoms with Crippen LogP contribution in [0, 0.1) is 0 Å². The topological polar surface area (TPSA) is 68.1 Å². The Morgan fingerprint density at radius 2 is 1.83 bits per heavy atom. The first kappa shape index (κ1) is 15.4. The van der Waals surface area contributed by atoms with E-state index in [-0.39, 0.29) is 17.6 Å². The highest BCUT2D eigenvalue weighted by Crippen LogP contribution is 2.29. The molecule has 0 aliphatic carbocycles. The fourth-order valence-corrected chi connectivity index (χ4v) is 4.09. The quantitative estimate of drug-likeness (QED) is 0.872. The lowest BCUT2D eigenvalue weighted by Gasteiger charge is -2.24. The molecule has 24 heavy (non-hydrogen) atoms. The van der Waals surface area contributed by atoms with Crippen LogP contribution in [0.4, 0.5) is 0 Å². The largest absolute Gasteiger partial charge is 0.354 e. The van der Waals surface area contributed by atoms with Crippen molar-refractivity contribution in [1.29, 1.82) is 0 Å². The van der Waals surface area contributed by atoms with Gasteiger partial charge >= 0.3 is 5.69 Å². The van der Waals surface area contributed by atoms with Crippen molar-refractivity contribution >= 4 is 16.9 Å². The Bertz CT molecular complexity index is 829. The zero-order valence-corrected chi connectivity index (χ0v) is 14.0. The summed E-state index contributed by atoms with van der Waals surface area (Å²) in [5.41, 5.74) is 2.98. The molecule has 1 atom stereocenters. The predicted molar refractivity (Wildman–Crippen MR) is 93.3 cm³/mol. The first-order valence-electron chi connectivity index (χ1n) is 8.86. The molecule has 2 aromatic rings. The Hall–Kier alpha value is -2.08. The van der Waals surface area contributed by atoms with E-state index < -0.39 is 0 Å². The minimum Gasteiger partial charge on any atom is -0.354 e. The van der Waals surface area contributed by atoms with Gasteiger partial charge in [-0.25, -0.2) is 4.79 Å². The lowest BCUT2D eigenvalue weighted by molar-refractivity contribution is -0.125. The van der Waals surface area contributed by atoms with Crippen LogP contribution < -0.4 is 16.3 Å². The van der Waals surface area contributed by atoms with Gasteiger partial charge in [0.1, 0.15) is 6.04 Å². The molecule has 1 aromatic heterocycles. The number of amides is 1. The van der Waals surface area contributed by atoms with Gasteiger partial charge in [0.2, 0.25) is 5.91 Å². The van der Waals surface area contributed by atoms with Crippen LogP contribution in [-0.4, -0.2) is 34.7 Å². The highest BCUT2D eigenvalue weighted by atomic mass is 16.2. The summed E-state index contributed by atoms with van der Waals surface area (Å²) in [5, 5.41) is 6.27. The number of aromatic nitrogens is 2. The molecule has 6 heteroatoms. The number of nitrogens with one attached hydrogen (secondary N) is 2. The third-order valence-electron chi connectivity index (χ3n) is 5.49. The number of aryl methyl sites for hydroxylation is 1. The Balaban J connectivity index is 1.80. The predicted octanol–water partition coefficient (Wildman–Crippen LogP) is 1.26. The molecular weight excluding hydrogens is 304 g/mol. The molecule has 0 saturated carbocycles. The van der Waals surface area contributed by atoms with E-state index in [1.165, 1.54) is 5.56 Å². The van der Waals surface area contributed by atoms with Gasteiger partial charge in [-0.1, -0.05) is 6.07 Å². The van der Waals surface area contributed by atoms with E-state index in [4.69, 9.17) is 0 Å². The maximum absolute atomic E-state index is 12.8. The third-order valence-corrected chi connectivity index (χ3v) is 5.49. The average Bonchev–Trinajstić information content (AvgIpc) is 2.87. The van der Waals surface area contributed by atoms with Crippen LogP contribution in [0.25, 0.3) is 11.0 Å². The van der Waals surface area contributed by atoms with Crippen molar-refractivity contribution in [2.75, 3.05) is 19.6 Å². The molecule has 2 fully saturated rings. The lowest BCUT2D eigenvalue weighted by Crippen LogP contribution is -2.41. The van der Waals surface area contributed by atoms with E-state index in [1.807, 2.05) is 6.07 Å². The van der Waals surface area contributed by atoms with Crippen LogP contribution in [0.2, 0.25) is 0 Å². The number of hydrogen-bond acceptors (Lipinski definition) is 3.